The molecule has 6 rings (SSSR count). The number of aliphatic carboxylic acids is 1. The second-order valence-corrected chi connectivity index (χ2v) is 15.7. The third-order valence-electron chi connectivity index (χ3n) is 10.4. The molecule has 1 saturated heterocycles. The van der Waals surface area contributed by atoms with Crippen molar-refractivity contribution in [2.24, 2.45) is 5.41 Å². The lowest BCUT2D eigenvalue weighted by atomic mass is 9.82. The van der Waals surface area contributed by atoms with Crippen molar-refractivity contribution in [3.05, 3.63) is 105 Å². The zero-order chi connectivity index (χ0) is 36.3. The molecule has 2 N–H and O–H groups in total. The molecule has 8 nitrogen and oxygen atoms in total. The lowest BCUT2D eigenvalue weighted by molar-refractivity contribution is -0.148. The average Bonchev–Trinajstić information content (AvgIpc) is 3.95. The summed E-state index contributed by atoms with van der Waals surface area (Å²) in [5.41, 5.74) is 5.17. The van der Waals surface area contributed by atoms with Gasteiger partial charge < -0.3 is 25.0 Å². The van der Waals surface area contributed by atoms with Crippen molar-refractivity contribution in [1.29, 1.82) is 0 Å². The van der Waals surface area contributed by atoms with Gasteiger partial charge >= 0.3 is 5.97 Å². The van der Waals surface area contributed by atoms with Crippen molar-refractivity contribution in [3.63, 3.8) is 0 Å². The van der Waals surface area contributed by atoms with Gasteiger partial charge in [0.1, 0.15) is 11.6 Å². The molecular weight excluding hydrogens is 713 g/mol. The molecule has 270 valence electrons. The summed E-state index contributed by atoms with van der Waals surface area (Å²) < 4.78 is 20.2. The highest BCUT2D eigenvalue weighted by Gasteiger charge is 2.43. The number of benzene rings is 3. The molecule has 1 aliphatic carbocycles. The molecule has 0 aromatic heterocycles. The minimum Gasteiger partial charge on any atom is -0.492 e. The summed E-state index contributed by atoms with van der Waals surface area (Å²) in [7, 11) is 0. The standard InChI is InChI=1S/C41H47BrFN3O5/c1-26-7-4-5-9-29(26)23-46(32-15-16-32)39(48)38-33(22-31-24-45(25-35(38)44-31)37(47)18-19-41(2,3)40(49)50)28-12-10-27(11-13-28)8-6-20-51-36-21-30(43)14-17-34(36)42/h4-5,7,9-14,17,21,31-32,35,44H,6,8,15-16,18-20,22-25H2,1-3H3,(H,49,50). The highest BCUT2D eigenvalue weighted by molar-refractivity contribution is 9.10. The number of aryl methyl sites for hydroxylation is 2. The number of hydrogen-bond acceptors (Lipinski definition) is 5. The molecule has 0 radical (unpaired) electrons. The van der Waals surface area contributed by atoms with E-state index in [0.29, 0.717) is 42.9 Å². The van der Waals surface area contributed by atoms with Crippen LogP contribution >= 0.6 is 15.9 Å². The van der Waals surface area contributed by atoms with Crippen molar-refractivity contribution >= 4 is 39.3 Å². The molecule has 3 aromatic carbocycles. The first-order chi connectivity index (χ1) is 24.4. The first kappa shape index (κ1) is 36.8. The Balaban J connectivity index is 1.23. The third kappa shape index (κ3) is 8.90. The van der Waals surface area contributed by atoms with E-state index in [-0.39, 0.29) is 48.6 Å². The first-order valence-corrected chi connectivity index (χ1v) is 18.7. The largest absolute Gasteiger partial charge is 0.492 e. The van der Waals surface area contributed by atoms with E-state index in [1.165, 1.54) is 12.1 Å². The number of piperazine rings is 1. The second-order valence-electron chi connectivity index (χ2n) is 14.8. The average molecular weight is 761 g/mol. The molecule has 10 heteroatoms. The van der Waals surface area contributed by atoms with Crippen molar-refractivity contribution in [2.75, 3.05) is 19.7 Å². The fourth-order valence-electron chi connectivity index (χ4n) is 7.05. The Morgan fingerprint density at radius 2 is 1.80 bits per heavy atom. The van der Waals surface area contributed by atoms with Gasteiger partial charge in [-0.2, -0.15) is 0 Å². The fraction of sp³-hybridized carbons (Fsp3) is 0.439. The molecule has 2 fully saturated rings. The Morgan fingerprint density at radius 3 is 2.51 bits per heavy atom. The summed E-state index contributed by atoms with van der Waals surface area (Å²) in [6.07, 6.45) is 4.48. The van der Waals surface area contributed by atoms with Gasteiger partial charge in [0.25, 0.3) is 5.91 Å². The smallest absolute Gasteiger partial charge is 0.309 e. The van der Waals surface area contributed by atoms with Crippen molar-refractivity contribution < 1.29 is 28.6 Å². The summed E-state index contributed by atoms with van der Waals surface area (Å²) in [6.45, 7) is 7.21. The van der Waals surface area contributed by atoms with E-state index in [1.54, 1.807) is 19.9 Å². The van der Waals surface area contributed by atoms with Gasteiger partial charge in [-0.05, 0) is 115 Å². The molecule has 51 heavy (non-hydrogen) atoms. The topological polar surface area (TPSA) is 99.2 Å². The van der Waals surface area contributed by atoms with Gasteiger partial charge in [0.05, 0.1) is 22.5 Å². The maximum Gasteiger partial charge on any atom is 0.309 e. The van der Waals surface area contributed by atoms with Crippen LogP contribution in [0, 0.1) is 18.2 Å². The maximum absolute atomic E-state index is 14.8. The van der Waals surface area contributed by atoms with Gasteiger partial charge in [0, 0.05) is 49.8 Å². The van der Waals surface area contributed by atoms with Crippen LogP contribution in [0.4, 0.5) is 4.39 Å². The lowest BCUT2D eigenvalue weighted by Gasteiger charge is -2.45. The maximum atomic E-state index is 14.8. The number of carboxylic acids is 1. The zero-order valence-corrected chi connectivity index (χ0v) is 31.2. The van der Waals surface area contributed by atoms with Gasteiger partial charge in [-0.25, -0.2) is 4.39 Å². The number of nitrogens with one attached hydrogen (secondary N) is 1. The summed E-state index contributed by atoms with van der Waals surface area (Å²) in [5.74, 6) is -0.838. The molecule has 2 unspecified atom stereocenters. The van der Waals surface area contributed by atoms with Gasteiger partial charge in [-0.1, -0.05) is 48.5 Å². The van der Waals surface area contributed by atoms with E-state index < -0.39 is 11.4 Å². The minimum atomic E-state index is -0.994. The molecule has 1 saturated carbocycles. The van der Waals surface area contributed by atoms with E-state index in [2.05, 4.69) is 64.6 Å². The molecular formula is C41H47BrFN3O5. The summed E-state index contributed by atoms with van der Waals surface area (Å²) >= 11 is 3.41. The number of halogens is 2. The Hall–Kier alpha value is -4.02. The van der Waals surface area contributed by atoms with Gasteiger partial charge in [0.2, 0.25) is 5.91 Å². The molecule has 2 heterocycles. The zero-order valence-electron chi connectivity index (χ0n) is 29.6. The van der Waals surface area contributed by atoms with Crippen LogP contribution in [0.2, 0.25) is 0 Å². The quantitative estimate of drug-likeness (QED) is 0.167. The first-order valence-electron chi connectivity index (χ1n) is 17.9. The van der Waals surface area contributed by atoms with Gasteiger partial charge in [0.15, 0.2) is 0 Å². The molecule has 2 bridgehead atoms. The summed E-state index contributed by atoms with van der Waals surface area (Å²) in [5, 5.41) is 13.3. The van der Waals surface area contributed by atoms with Crippen LogP contribution in [-0.4, -0.2) is 70.5 Å². The van der Waals surface area contributed by atoms with Crippen LogP contribution < -0.4 is 10.1 Å². The Morgan fingerprint density at radius 1 is 1.06 bits per heavy atom. The number of carbonyl (C=O) groups is 3. The van der Waals surface area contributed by atoms with Crippen LogP contribution in [0.25, 0.3) is 5.57 Å². The third-order valence-corrected chi connectivity index (χ3v) is 11.1. The molecule has 3 aliphatic rings. The van der Waals surface area contributed by atoms with Crippen molar-refractivity contribution in [3.8, 4) is 5.75 Å². The fourth-order valence-corrected chi connectivity index (χ4v) is 7.41. The molecule has 2 amide bonds. The van der Waals surface area contributed by atoms with Gasteiger partial charge in [-0.15, -0.1) is 0 Å². The minimum absolute atomic E-state index is 0.0118. The number of nitrogens with zero attached hydrogens (tertiary/aromatic N) is 2. The predicted molar refractivity (Wildman–Crippen MR) is 199 cm³/mol. The Kier molecular flexibility index (Phi) is 11.3. The number of rotatable bonds is 14. The van der Waals surface area contributed by atoms with Crippen LogP contribution in [-0.2, 0) is 27.3 Å². The number of carboxylic acid groups (broad SMARTS) is 1. The SMILES string of the molecule is Cc1ccccc1CN(C(=O)C1=C(c2ccc(CCCOc3cc(F)ccc3Br)cc2)CC2CN(C(=O)CCC(C)(C)C(=O)O)CC1N2)C1CC1. The van der Waals surface area contributed by atoms with E-state index in [4.69, 9.17) is 4.74 Å². The number of fused-ring (bicyclic) bond motifs is 2. The highest BCUT2D eigenvalue weighted by Crippen LogP contribution is 2.38. The predicted octanol–water partition coefficient (Wildman–Crippen LogP) is 7.32. The molecule has 0 spiro atoms. The van der Waals surface area contributed by atoms with Crippen molar-refractivity contribution in [2.45, 2.75) is 90.4 Å². The van der Waals surface area contributed by atoms with Crippen LogP contribution in [0.3, 0.4) is 0 Å². The molecule has 3 aromatic rings. The summed E-state index contributed by atoms with van der Waals surface area (Å²) in [4.78, 5) is 43.8. The van der Waals surface area contributed by atoms with E-state index in [1.807, 2.05) is 21.9 Å². The number of amides is 2. The van der Waals surface area contributed by atoms with E-state index in [9.17, 15) is 23.9 Å². The lowest BCUT2D eigenvalue weighted by Crippen LogP contribution is -2.62. The van der Waals surface area contributed by atoms with Crippen LogP contribution in [0.5, 0.6) is 5.75 Å². The van der Waals surface area contributed by atoms with Crippen LogP contribution in [0.1, 0.15) is 74.6 Å². The number of ether oxygens (including phenoxy) is 1. The normalized spacial score (nSPS) is 18.8. The molecule has 2 aliphatic heterocycles. The summed E-state index contributed by atoms with van der Waals surface area (Å²) in [6, 6.07) is 20.8. The van der Waals surface area contributed by atoms with Crippen molar-refractivity contribution in [1.82, 2.24) is 15.1 Å². The Labute approximate surface area is 308 Å². The van der Waals surface area contributed by atoms with Gasteiger partial charge in [-0.3, -0.25) is 14.4 Å². The number of carbonyl (C=O) groups excluding carboxylic acids is 2. The monoisotopic (exact) mass is 759 g/mol. The molecule has 2 atom stereocenters. The second kappa shape index (κ2) is 15.7. The number of hydrogen-bond donors (Lipinski definition) is 2. The highest BCUT2D eigenvalue weighted by atomic mass is 79.9. The Bertz CT molecular complexity index is 1800. The van der Waals surface area contributed by atoms with E-state index >= 15 is 0 Å². The van der Waals surface area contributed by atoms with Crippen LogP contribution in [0.15, 0.2) is 76.8 Å². The van der Waals surface area contributed by atoms with E-state index in [0.717, 1.165) is 59.1 Å².